The first-order valence-corrected chi connectivity index (χ1v) is 31.9. The van der Waals surface area contributed by atoms with Crippen LogP contribution in [0.25, 0.3) is 0 Å². The molecule has 3 unspecified atom stereocenters. The lowest BCUT2D eigenvalue weighted by atomic mass is 10.0. The first kappa shape index (κ1) is 68.7. The van der Waals surface area contributed by atoms with E-state index in [1.54, 1.807) is 6.08 Å². The van der Waals surface area contributed by atoms with Gasteiger partial charge in [0.25, 0.3) is 0 Å². The molecule has 0 fully saturated rings. The maximum atomic E-state index is 13.0. The number of aliphatic hydroxyl groups excluding tert-OH is 1. The van der Waals surface area contributed by atoms with Crippen molar-refractivity contribution in [3.8, 4) is 0 Å². The lowest BCUT2D eigenvalue weighted by Crippen LogP contribution is -2.45. The Bertz CT molecular complexity index is 1230. The zero-order valence-corrected chi connectivity index (χ0v) is 48.2. The molecule has 0 heterocycles. The molecule has 1 amide bonds. The normalized spacial score (nSPS) is 14.1. The Morgan fingerprint density at radius 1 is 0.471 bits per heavy atom. The molecule has 0 radical (unpaired) electrons. The summed E-state index contributed by atoms with van der Waals surface area (Å²) in [4.78, 5) is 23.3. The van der Waals surface area contributed by atoms with Crippen molar-refractivity contribution in [2.45, 2.75) is 309 Å². The van der Waals surface area contributed by atoms with E-state index in [4.69, 9.17) is 9.05 Å². The van der Waals surface area contributed by atoms with Crippen molar-refractivity contribution in [3.63, 3.8) is 0 Å². The summed E-state index contributed by atoms with van der Waals surface area (Å²) in [5.74, 6) is -0.185. The summed E-state index contributed by atoms with van der Waals surface area (Å²) in [5.41, 5.74) is 0. The van der Waals surface area contributed by atoms with Gasteiger partial charge in [0, 0.05) is 6.42 Å². The van der Waals surface area contributed by atoms with Gasteiger partial charge in [-0.1, -0.05) is 281 Å². The first-order chi connectivity index (χ1) is 34.0. The topological polar surface area (TPSA) is 105 Å². The molecule has 0 spiro atoms. The van der Waals surface area contributed by atoms with Gasteiger partial charge in [-0.05, 0) is 44.9 Å². The zero-order chi connectivity index (χ0) is 51.3. The number of phosphoric ester groups is 1. The van der Waals surface area contributed by atoms with Crippen LogP contribution in [0.3, 0.4) is 0 Å². The van der Waals surface area contributed by atoms with E-state index in [0.717, 1.165) is 44.9 Å². The van der Waals surface area contributed by atoms with Crippen molar-refractivity contribution >= 4 is 13.7 Å². The molecule has 0 aromatic carbocycles. The number of likely N-dealkylation sites (N-methyl/N-ethyl adjacent to an activating group) is 1. The van der Waals surface area contributed by atoms with E-state index >= 15 is 0 Å². The Kier molecular flexibility index (Phi) is 51.6. The smallest absolute Gasteiger partial charge is 0.387 e. The van der Waals surface area contributed by atoms with Crippen LogP contribution in [0, 0.1) is 0 Å². The van der Waals surface area contributed by atoms with Gasteiger partial charge in [0.1, 0.15) is 13.2 Å². The molecule has 0 aliphatic carbocycles. The quantitative estimate of drug-likeness (QED) is 0.0243. The third-order valence-electron chi connectivity index (χ3n) is 13.8. The molecule has 0 saturated heterocycles. The number of phosphoric acid groups is 1. The molecule has 0 bridgehead atoms. The minimum Gasteiger partial charge on any atom is -0.387 e. The summed E-state index contributed by atoms with van der Waals surface area (Å²) in [6.07, 6.45) is 68.4. The molecule has 0 aromatic rings. The summed E-state index contributed by atoms with van der Waals surface area (Å²) in [7, 11) is 1.56. The van der Waals surface area contributed by atoms with Gasteiger partial charge < -0.3 is 19.8 Å². The number of aliphatic hydroxyl groups is 1. The van der Waals surface area contributed by atoms with Gasteiger partial charge in [-0.3, -0.25) is 13.8 Å². The molecule has 0 aromatic heterocycles. The van der Waals surface area contributed by atoms with Gasteiger partial charge in [0.15, 0.2) is 0 Å². The highest BCUT2D eigenvalue weighted by molar-refractivity contribution is 7.47. The van der Waals surface area contributed by atoms with Crippen molar-refractivity contribution < 1.29 is 32.9 Å². The Labute approximate surface area is 436 Å². The highest BCUT2D eigenvalue weighted by atomic mass is 31.2. The van der Waals surface area contributed by atoms with Crippen LogP contribution in [0.1, 0.15) is 296 Å². The van der Waals surface area contributed by atoms with Gasteiger partial charge >= 0.3 is 7.82 Å². The molecule has 70 heavy (non-hydrogen) atoms. The average molecular weight is 1010 g/mol. The molecule has 0 aliphatic rings. The molecule has 0 saturated carbocycles. The van der Waals surface area contributed by atoms with Crippen molar-refractivity contribution in [3.05, 3.63) is 36.5 Å². The minimum absolute atomic E-state index is 0.0552. The summed E-state index contributed by atoms with van der Waals surface area (Å²) < 4.78 is 23.7. The standard InChI is InChI=1S/C61H119N2O6P/c1-6-8-10-12-14-16-18-20-22-24-26-28-29-30-31-32-33-34-35-37-39-41-43-45-47-49-51-53-55-61(65)62-59(58-69-70(66,67)68-57-56-63(3,4)5)60(64)54-52-50-48-46-44-42-40-38-36-27-25-23-21-19-17-15-13-11-9-7-2/h36,38,44,46,52,54,59-60,64H,6-35,37,39-43,45,47-51,53,55-58H2,1-5H3,(H-,62,65,66,67)/p+1/b38-36+,46-44+,54-52+. The number of hydrogen-bond donors (Lipinski definition) is 3. The van der Waals surface area contributed by atoms with Crippen LogP contribution in [0.15, 0.2) is 36.5 Å². The maximum Gasteiger partial charge on any atom is 0.472 e. The molecule has 0 rings (SSSR count). The minimum atomic E-state index is -4.36. The second-order valence-electron chi connectivity index (χ2n) is 22.1. The van der Waals surface area contributed by atoms with Crippen molar-refractivity contribution in [1.82, 2.24) is 5.32 Å². The van der Waals surface area contributed by atoms with E-state index < -0.39 is 20.0 Å². The second-order valence-corrected chi connectivity index (χ2v) is 23.5. The lowest BCUT2D eigenvalue weighted by Gasteiger charge is -2.25. The molecule has 8 nitrogen and oxygen atoms in total. The van der Waals surface area contributed by atoms with E-state index in [9.17, 15) is 19.4 Å². The fourth-order valence-electron chi connectivity index (χ4n) is 9.08. The fraction of sp³-hybridized carbons (Fsp3) is 0.885. The number of hydrogen-bond acceptors (Lipinski definition) is 5. The van der Waals surface area contributed by atoms with Gasteiger partial charge in [0.05, 0.1) is 39.9 Å². The molecule has 3 atom stereocenters. The highest BCUT2D eigenvalue weighted by Crippen LogP contribution is 2.43. The number of carbonyl (C=O) groups is 1. The number of nitrogens with one attached hydrogen (secondary N) is 1. The van der Waals surface area contributed by atoms with Gasteiger partial charge in [-0.25, -0.2) is 4.57 Å². The summed E-state index contributed by atoms with van der Waals surface area (Å²) in [6.45, 7) is 4.83. The predicted octanol–water partition coefficient (Wildman–Crippen LogP) is 18.5. The monoisotopic (exact) mass is 1010 g/mol. The first-order valence-electron chi connectivity index (χ1n) is 30.4. The van der Waals surface area contributed by atoms with Crippen molar-refractivity contribution in [2.24, 2.45) is 0 Å². The second kappa shape index (κ2) is 52.6. The van der Waals surface area contributed by atoms with Crippen LogP contribution in [-0.4, -0.2) is 73.4 Å². The summed E-state index contributed by atoms with van der Waals surface area (Å²) >= 11 is 0. The van der Waals surface area contributed by atoms with Crippen molar-refractivity contribution in [2.75, 3.05) is 40.9 Å². The molecule has 414 valence electrons. The van der Waals surface area contributed by atoms with E-state index in [-0.39, 0.29) is 19.1 Å². The number of amides is 1. The maximum absolute atomic E-state index is 13.0. The molecular weight excluding hydrogens is 888 g/mol. The van der Waals surface area contributed by atoms with Gasteiger partial charge in [0.2, 0.25) is 5.91 Å². The van der Waals surface area contributed by atoms with Crippen LogP contribution in [-0.2, 0) is 18.4 Å². The highest BCUT2D eigenvalue weighted by Gasteiger charge is 2.27. The van der Waals surface area contributed by atoms with E-state index in [1.165, 1.54) is 231 Å². The van der Waals surface area contributed by atoms with Gasteiger partial charge in [-0.15, -0.1) is 0 Å². The largest absolute Gasteiger partial charge is 0.472 e. The van der Waals surface area contributed by atoms with Crippen LogP contribution in [0.2, 0.25) is 0 Å². The number of rotatable bonds is 56. The average Bonchev–Trinajstić information content (AvgIpc) is 3.32. The molecule has 0 aliphatic heterocycles. The van der Waals surface area contributed by atoms with Crippen LogP contribution >= 0.6 is 7.82 Å². The Balaban J connectivity index is 4.17. The Morgan fingerprint density at radius 3 is 1.14 bits per heavy atom. The fourth-order valence-corrected chi connectivity index (χ4v) is 9.81. The molecular formula is C61H120N2O6P+. The summed E-state index contributed by atoms with van der Waals surface area (Å²) in [5, 5.41) is 13.9. The van der Waals surface area contributed by atoms with Gasteiger partial charge in [-0.2, -0.15) is 0 Å². The number of carbonyl (C=O) groups excluding carboxylic acids is 1. The molecule has 3 N–H and O–H groups in total. The van der Waals surface area contributed by atoms with E-state index in [2.05, 4.69) is 43.5 Å². The van der Waals surface area contributed by atoms with Crippen LogP contribution in [0.5, 0.6) is 0 Å². The predicted molar refractivity (Wildman–Crippen MR) is 304 cm³/mol. The van der Waals surface area contributed by atoms with E-state index in [1.807, 2.05) is 27.2 Å². The Morgan fingerprint density at radius 2 is 0.786 bits per heavy atom. The number of quaternary nitrogens is 1. The number of nitrogens with zero attached hydrogens (tertiary/aromatic N) is 1. The SMILES string of the molecule is CCCCCCCCCCCC/C=C/CC/C=C/CC/C=C/C(O)C(COP(=O)(O)OCC[N+](C)(C)C)NC(=O)CCCCCCCCCCCCCCCCCCCCCCCCCCCCCC. The van der Waals surface area contributed by atoms with Crippen LogP contribution < -0.4 is 5.32 Å². The van der Waals surface area contributed by atoms with Crippen molar-refractivity contribution in [1.29, 1.82) is 0 Å². The third-order valence-corrected chi connectivity index (χ3v) is 14.8. The third kappa shape index (κ3) is 54.5. The zero-order valence-electron chi connectivity index (χ0n) is 47.3. The van der Waals surface area contributed by atoms with Crippen LogP contribution in [0.4, 0.5) is 0 Å². The number of allylic oxidation sites excluding steroid dienone is 5. The number of unbranched alkanes of at least 4 members (excludes halogenated alkanes) is 39. The Hall–Kier alpha value is -1.28. The van der Waals surface area contributed by atoms with E-state index in [0.29, 0.717) is 17.4 Å². The summed E-state index contributed by atoms with van der Waals surface area (Å²) in [6, 6.07) is -0.868. The molecule has 9 heteroatoms. The lowest BCUT2D eigenvalue weighted by molar-refractivity contribution is -0.870.